The fourth-order valence-electron chi connectivity index (χ4n) is 2.44. The van der Waals surface area contributed by atoms with Crippen molar-refractivity contribution in [1.82, 2.24) is 4.98 Å². The van der Waals surface area contributed by atoms with Crippen LogP contribution in [0.15, 0.2) is 12.1 Å². The summed E-state index contributed by atoms with van der Waals surface area (Å²) in [6.07, 6.45) is 2.91. The smallest absolute Gasteiger partial charge is 0.100 e. The van der Waals surface area contributed by atoms with Crippen LogP contribution in [-0.2, 0) is 12.8 Å². The molecule has 1 aliphatic rings. The number of aromatic nitrogens is 1. The summed E-state index contributed by atoms with van der Waals surface area (Å²) >= 11 is 12.1. The van der Waals surface area contributed by atoms with E-state index in [1.165, 1.54) is 0 Å². The lowest BCUT2D eigenvalue weighted by atomic mass is 10.0. The highest BCUT2D eigenvalue weighted by Crippen LogP contribution is 2.34. The van der Waals surface area contributed by atoms with Gasteiger partial charge in [-0.3, -0.25) is 4.98 Å². The lowest BCUT2D eigenvalue weighted by Gasteiger charge is -2.08. The fourth-order valence-corrected chi connectivity index (χ4v) is 3.01. The van der Waals surface area contributed by atoms with Crippen LogP contribution >= 0.6 is 23.2 Å². The number of halogens is 2. The molecule has 17 heavy (non-hydrogen) atoms. The zero-order chi connectivity index (χ0) is 12.0. The Bertz CT molecular complexity index is 671. The van der Waals surface area contributed by atoms with E-state index < -0.39 is 0 Å². The van der Waals surface area contributed by atoms with Crippen LogP contribution in [0.3, 0.4) is 0 Å². The van der Waals surface area contributed by atoms with Gasteiger partial charge >= 0.3 is 0 Å². The highest BCUT2D eigenvalue weighted by atomic mass is 35.5. The summed E-state index contributed by atoms with van der Waals surface area (Å²) in [6, 6.07) is 5.69. The second-order valence-corrected chi connectivity index (χ2v) is 5.00. The van der Waals surface area contributed by atoms with E-state index in [1.807, 2.05) is 0 Å². The van der Waals surface area contributed by atoms with Crippen LogP contribution in [0, 0.1) is 11.3 Å². The molecule has 0 saturated heterocycles. The summed E-state index contributed by atoms with van der Waals surface area (Å²) in [7, 11) is 0. The van der Waals surface area contributed by atoms with Gasteiger partial charge in [0.05, 0.1) is 16.1 Å². The summed E-state index contributed by atoms with van der Waals surface area (Å²) < 4.78 is 0. The third-order valence-corrected chi connectivity index (χ3v) is 3.66. The topological polar surface area (TPSA) is 36.7 Å². The predicted octanol–water partition coefficient (Wildman–Crippen LogP) is 3.90. The van der Waals surface area contributed by atoms with E-state index in [4.69, 9.17) is 23.2 Å². The molecule has 0 saturated carbocycles. The van der Waals surface area contributed by atoms with Crippen LogP contribution < -0.4 is 0 Å². The van der Waals surface area contributed by atoms with Crippen molar-refractivity contribution in [3.8, 4) is 6.07 Å². The van der Waals surface area contributed by atoms with Crippen molar-refractivity contribution >= 4 is 34.1 Å². The average Bonchev–Trinajstić information content (AvgIpc) is 2.73. The maximum Gasteiger partial charge on any atom is 0.100 e. The van der Waals surface area contributed by atoms with Crippen LogP contribution in [0.1, 0.15) is 23.2 Å². The van der Waals surface area contributed by atoms with Gasteiger partial charge in [-0.25, -0.2) is 0 Å². The number of nitriles is 1. The van der Waals surface area contributed by atoms with Crippen LogP contribution in [-0.4, -0.2) is 4.98 Å². The van der Waals surface area contributed by atoms with Gasteiger partial charge in [0, 0.05) is 16.1 Å². The standard InChI is InChI=1S/C13H8Cl2N2/c14-7-4-10(15)13-9(6-16)8-2-1-3-11(8)17-12(13)5-7/h4-5H,1-3H2. The second-order valence-electron chi connectivity index (χ2n) is 4.16. The first kappa shape index (κ1) is 10.8. The Morgan fingerprint density at radius 1 is 1.24 bits per heavy atom. The molecule has 0 fully saturated rings. The van der Waals surface area contributed by atoms with Gasteiger partial charge in [-0.1, -0.05) is 23.2 Å². The maximum absolute atomic E-state index is 9.32. The molecule has 1 aliphatic carbocycles. The molecule has 0 spiro atoms. The van der Waals surface area contributed by atoms with Crippen LogP contribution in [0.5, 0.6) is 0 Å². The SMILES string of the molecule is N#Cc1c2c(nc3cc(Cl)cc(Cl)c13)CCC2. The summed E-state index contributed by atoms with van der Waals surface area (Å²) in [4.78, 5) is 4.57. The minimum Gasteiger partial charge on any atom is -0.252 e. The molecule has 0 unspecified atom stereocenters. The third kappa shape index (κ3) is 1.58. The molecule has 4 heteroatoms. The molecule has 0 N–H and O–H groups in total. The maximum atomic E-state index is 9.32. The molecule has 2 aromatic rings. The van der Waals surface area contributed by atoms with Crippen LogP contribution in [0.4, 0.5) is 0 Å². The van der Waals surface area contributed by atoms with Crippen molar-refractivity contribution in [3.63, 3.8) is 0 Å². The van der Waals surface area contributed by atoms with E-state index in [0.717, 1.165) is 41.4 Å². The molecular weight excluding hydrogens is 255 g/mol. The van der Waals surface area contributed by atoms with E-state index in [2.05, 4.69) is 11.1 Å². The molecular formula is C13H8Cl2N2. The van der Waals surface area contributed by atoms with Gasteiger partial charge in [0.15, 0.2) is 0 Å². The van der Waals surface area contributed by atoms with Crippen molar-refractivity contribution in [2.24, 2.45) is 0 Å². The van der Waals surface area contributed by atoms with Crippen molar-refractivity contribution in [3.05, 3.63) is 39.0 Å². The number of hydrogen-bond acceptors (Lipinski definition) is 2. The van der Waals surface area contributed by atoms with Crippen molar-refractivity contribution in [1.29, 1.82) is 5.26 Å². The number of aryl methyl sites for hydroxylation is 1. The Labute approximate surface area is 109 Å². The number of rotatable bonds is 0. The minimum atomic E-state index is 0.506. The Morgan fingerprint density at radius 2 is 2.06 bits per heavy atom. The zero-order valence-corrected chi connectivity index (χ0v) is 10.4. The lowest BCUT2D eigenvalue weighted by Crippen LogP contribution is -1.96. The molecule has 3 rings (SSSR count). The molecule has 0 radical (unpaired) electrons. The number of pyridine rings is 1. The van der Waals surface area contributed by atoms with Crippen molar-refractivity contribution < 1.29 is 0 Å². The Morgan fingerprint density at radius 3 is 2.82 bits per heavy atom. The fraction of sp³-hybridized carbons (Fsp3) is 0.231. The summed E-state index contributed by atoms with van der Waals surface area (Å²) in [6.45, 7) is 0. The first-order valence-corrected chi connectivity index (χ1v) is 6.17. The number of benzene rings is 1. The quantitative estimate of drug-likeness (QED) is 0.722. The lowest BCUT2D eigenvalue weighted by molar-refractivity contribution is 0.901. The van der Waals surface area contributed by atoms with E-state index in [9.17, 15) is 5.26 Å². The molecule has 0 atom stereocenters. The first-order valence-electron chi connectivity index (χ1n) is 5.41. The number of hydrogen-bond donors (Lipinski definition) is 0. The van der Waals surface area contributed by atoms with Gasteiger partial charge in [-0.2, -0.15) is 5.26 Å². The Hall–Kier alpha value is -1.30. The van der Waals surface area contributed by atoms with Crippen LogP contribution in [0.25, 0.3) is 10.9 Å². The first-order chi connectivity index (χ1) is 8.20. The monoisotopic (exact) mass is 262 g/mol. The number of nitrogens with zero attached hydrogens (tertiary/aromatic N) is 2. The molecule has 0 aliphatic heterocycles. The summed E-state index contributed by atoms with van der Waals surface area (Å²) in [5.74, 6) is 0. The van der Waals surface area contributed by atoms with E-state index in [-0.39, 0.29) is 0 Å². The minimum absolute atomic E-state index is 0.506. The summed E-state index contributed by atoms with van der Waals surface area (Å²) in [5, 5.41) is 11.1. The molecule has 2 nitrogen and oxygen atoms in total. The predicted molar refractivity (Wildman–Crippen MR) is 68.5 cm³/mol. The largest absolute Gasteiger partial charge is 0.252 e. The van der Waals surface area contributed by atoms with Crippen molar-refractivity contribution in [2.45, 2.75) is 19.3 Å². The van der Waals surface area contributed by atoms with Crippen LogP contribution in [0.2, 0.25) is 10.0 Å². The van der Waals surface area contributed by atoms with Gasteiger partial charge < -0.3 is 0 Å². The molecule has 0 bridgehead atoms. The molecule has 1 aromatic carbocycles. The van der Waals surface area contributed by atoms with Gasteiger partial charge in [0.2, 0.25) is 0 Å². The van der Waals surface area contributed by atoms with Gasteiger partial charge in [-0.05, 0) is 37.0 Å². The highest BCUT2D eigenvalue weighted by Gasteiger charge is 2.21. The zero-order valence-electron chi connectivity index (χ0n) is 8.93. The average molecular weight is 263 g/mol. The number of fused-ring (bicyclic) bond motifs is 2. The third-order valence-electron chi connectivity index (χ3n) is 3.14. The van der Waals surface area contributed by atoms with E-state index in [0.29, 0.717) is 15.6 Å². The van der Waals surface area contributed by atoms with Gasteiger partial charge in [0.1, 0.15) is 6.07 Å². The van der Waals surface area contributed by atoms with E-state index in [1.54, 1.807) is 12.1 Å². The molecule has 0 amide bonds. The van der Waals surface area contributed by atoms with Gasteiger partial charge in [-0.15, -0.1) is 0 Å². The molecule has 84 valence electrons. The normalized spacial score (nSPS) is 13.7. The highest BCUT2D eigenvalue weighted by molar-refractivity contribution is 6.38. The van der Waals surface area contributed by atoms with Gasteiger partial charge in [0.25, 0.3) is 0 Å². The Balaban J connectivity index is 2.50. The Kier molecular flexibility index (Phi) is 2.47. The van der Waals surface area contributed by atoms with Crippen molar-refractivity contribution in [2.75, 3.05) is 0 Å². The van der Waals surface area contributed by atoms with E-state index >= 15 is 0 Å². The second kappa shape index (κ2) is 3.87. The molecule has 1 aromatic heterocycles. The summed E-state index contributed by atoms with van der Waals surface area (Å²) in [5.41, 5.74) is 3.47. The molecule has 1 heterocycles.